The van der Waals surface area contributed by atoms with Crippen molar-refractivity contribution >= 4 is 23.0 Å². The van der Waals surface area contributed by atoms with Gasteiger partial charge < -0.3 is 5.73 Å². The number of hydrogen-bond acceptors (Lipinski definition) is 3. The Morgan fingerprint density at radius 3 is 2.62 bits per heavy atom. The molecule has 0 aromatic rings. The number of hydrogen-bond donors (Lipinski definition) is 1. The van der Waals surface area contributed by atoms with Gasteiger partial charge in [0.1, 0.15) is 28.7 Å². The minimum absolute atomic E-state index is 0.218. The van der Waals surface area contributed by atoms with E-state index in [1.165, 1.54) is 0 Å². The first kappa shape index (κ1) is 8.14. The predicted octanol–water partition coefficient (Wildman–Crippen LogP) is 0.942. The monoisotopic (exact) mass is 226 g/mol. The van der Waals surface area contributed by atoms with Gasteiger partial charge in [0.25, 0.3) is 0 Å². The minimum atomic E-state index is -0.782. The summed E-state index contributed by atoms with van der Waals surface area (Å²) in [6, 6.07) is 1.90. The predicted molar refractivity (Wildman–Crippen MR) is 37.9 cm³/mol. The molecule has 0 aromatic heterocycles. The average molecular weight is 226 g/mol. The largest absolute Gasteiger partial charge is 0.302 e. The van der Waals surface area contributed by atoms with Crippen LogP contribution in [0.4, 0.5) is 0 Å². The fraction of sp³-hybridized carbons (Fsp3) is 0.750. The Labute approximate surface area is 62.5 Å². The topological polar surface area (TPSA) is 59.0 Å². The van der Waals surface area contributed by atoms with Crippen LogP contribution >= 0.6 is 23.0 Å². The van der Waals surface area contributed by atoms with E-state index in [1.54, 1.807) is 29.9 Å². The Bertz CT molecular complexity index is 107. The van der Waals surface area contributed by atoms with Gasteiger partial charge in [-0.25, -0.2) is 0 Å². The quantitative estimate of drug-likeness (QED) is 0.563. The summed E-state index contributed by atoms with van der Waals surface area (Å²) >= 11 is 1.68. The molecule has 0 amide bonds. The van der Waals surface area contributed by atoms with E-state index in [0.717, 1.165) is 0 Å². The second-order valence-electron chi connectivity index (χ2n) is 1.72. The van der Waals surface area contributed by atoms with Gasteiger partial charge in [0.05, 0.1) is 12.5 Å². The lowest BCUT2D eigenvalue weighted by molar-refractivity contribution is 0.165. The van der Waals surface area contributed by atoms with Gasteiger partial charge in [-0.05, 0) is 6.92 Å². The van der Waals surface area contributed by atoms with E-state index in [4.69, 9.17) is 14.1 Å². The fourth-order valence-corrected chi connectivity index (χ4v) is 0.340. The number of nitriles is 1. The molecule has 0 aliphatic heterocycles. The molecular formula is C4H7IN2O. The molecule has 0 unspecified atom stereocenters. The lowest BCUT2D eigenvalue weighted by atomic mass is 10.2. The Hall–Kier alpha value is 0.140. The Morgan fingerprint density at radius 2 is 2.50 bits per heavy atom. The van der Waals surface area contributed by atoms with Crippen molar-refractivity contribution in [2.24, 2.45) is 5.73 Å². The number of nitrogens with zero attached hydrogens (tertiary/aromatic N) is 1. The molecule has 0 rings (SSSR count). The van der Waals surface area contributed by atoms with Crippen molar-refractivity contribution in [1.29, 1.82) is 5.26 Å². The maximum Gasteiger partial charge on any atom is 0.138 e. The van der Waals surface area contributed by atoms with Crippen molar-refractivity contribution in [2.75, 3.05) is 0 Å². The molecule has 0 fully saturated rings. The van der Waals surface area contributed by atoms with Crippen LogP contribution in [0.25, 0.3) is 0 Å². The molecule has 0 saturated heterocycles. The first-order valence-electron chi connectivity index (χ1n) is 2.08. The highest BCUT2D eigenvalue weighted by molar-refractivity contribution is 14.1. The first-order valence-corrected chi connectivity index (χ1v) is 2.96. The Kier molecular flexibility index (Phi) is 3.28. The van der Waals surface area contributed by atoms with Gasteiger partial charge in [0.15, 0.2) is 0 Å². The third kappa shape index (κ3) is 3.18. The summed E-state index contributed by atoms with van der Waals surface area (Å²) in [4.78, 5) is 0. The van der Waals surface area contributed by atoms with Crippen LogP contribution in [0.3, 0.4) is 0 Å². The highest BCUT2D eigenvalue weighted by Gasteiger charge is 2.16. The molecule has 0 spiro atoms. The molecule has 4 heteroatoms. The van der Waals surface area contributed by atoms with Crippen LogP contribution in [-0.2, 0) is 3.07 Å². The highest BCUT2D eigenvalue weighted by atomic mass is 127. The molecule has 0 saturated carbocycles. The summed E-state index contributed by atoms with van der Waals surface area (Å²) in [7, 11) is 0. The molecule has 2 N–H and O–H groups in total. The minimum Gasteiger partial charge on any atom is -0.302 e. The van der Waals surface area contributed by atoms with E-state index < -0.39 is 5.72 Å². The van der Waals surface area contributed by atoms with E-state index in [2.05, 4.69) is 0 Å². The maximum absolute atomic E-state index is 8.12. The molecule has 0 bridgehead atoms. The van der Waals surface area contributed by atoms with Crippen molar-refractivity contribution in [1.82, 2.24) is 0 Å². The van der Waals surface area contributed by atoms with Crippen molar-refractivity contribution < 1.29 is 3.07 Å². The average Bonchev–Trinajstić information content (AvgIpc) is 1.67. The fourth-order valence-electron chi connectivity index (χ4n) is 0.184. The van der Waals surface area contributed by atoms with Crippen LogP contribution in [0.2, 0.25) is 0 Å². The Balaban J connectivity index is 3.58. The third-order valence-electron chi connectivity index (χ3n) is 0.606. The van der Waals surface area contributed by atoms with Crippen LogP contribution in [-0.4, -0.2) is 5.72 Å². The van der Waals surface area contributed by atoms with E-state index in [9.17, 15) is 0 Å². The molecule has 3 nitrogen and oxygen atoms in total. The number of nitrogens with two attached hydrogens (primary N) is 1. The molecule has 46 valence electrons. The summed E-state index contributed by atoms with van der Waals surface area (Å²) < 4.78 is 4.70. The number of rotatable bonds is 2. The molecule has 0 heterocycles. The van der Waals surface area contributed by atoms with Gasteiger partial charge in [-0.2, -0.15) is 5.26 Å². The first-order chi connectivity index (χ1) is 3.62. The van der Waals surface area contributed by atoms with Crippen LogP contribution in [0.15, 0.2) is 0 Å². The van der Waals surface area contributed by atoms with Crippen LogP contribution in [0.5, 0.6) is 0 Å². The number of halogens is 1. The Morgan fingerprint density at radius 1 is 2.00 bits per heavy atom. The van der Waals surface area contributed by atoms with Gasteiger partial charge >= 0.3 is 0 Å². The third-order valence-corrected chi connectivity index (χ3v) is 1.61. The van der Waals surface area contributed by atoms with Gasteiger partial charge in [-0.1, -0.05) is 0 Å². The van der Waals surface area contributed by atoms with Gasteiger partial charge in [0, 0.05) is 0 Å². The summed E-state index contributed by atoms with van der Waals surface area (Å²) in [6.45, 7) is 1.66. The van der Waals surface area contributed by atoms with Crippen LogP contribution in [0, 0.1) is 11.3 Å². The summed E-state index contributed by atoms with van der Waals surface area (Å²) in [5, 5.41) is 8.12. The molecular weight excluding hydrogens is 219 g/mol. The van der Waals surface area contributed by atoms with Crippen molar-refractivity contribution in [3.63, 3.8) is 0 Å². The smallest absolute Gasteiger partial charge is 0.138 e. The SMILES string of the molecule is C[C@@](N)(CC#N)OI. The van der Waals surface area contributed by atoms with E-state index >= 15 is 0 Å². The van der Waals surface area contributed by atoms with E-state index in [-0.39, 0.29) is 6.42 Å². The summed E-state index contributed by atoms with van der Waals surface area (Å²) in [5.41, 5.74) is 4.59. The molecule has 0 aliphatic carbocycles. The van der Waals surface area contributed by atoms with Crippen LogP contribution < -0.4 is 5.73 Å². The van der Waals surface area contributed by atoms with Gasteiger partial charge in [-0.3, -0.25) is 3.07 Å². The second-order valence-corrected chi connectivity index (χ2v) is 2.17. The molecule has 1 atom stereocenters. The molecule has 0 radical (unpaired) electrons. The second kappa shape index (κ2) is 3.22. The standard InChI is InChI=1S/C4H7IN2O/c1-4(7,8-5)2-3-6/h2,7H2,1H3/t4-/m0/s1. The molecule has 0 aliphatic rings. The zero-order chi connectivity index (χ0) is 6.62. The highest BCUT2D eigenvalue weighted by Crippen LogP contribution is 2.09. The zero-order valence-corrected chi connectivity index (χ0v) is 6.68. The van der Waals surface area contributed by atoms with Crippen molar-refractivity contribution in [2.45, 2.75) is 19.1 Å². The lowest BCUT2D eigenvalue weighted by Crippen LogP contribution is -2.35. The van der Waals surface area contributed by atoms with E-state index in [0.29, 0.717) is 0 Å². The zero-order valence-electron chi connectivity index (χ0n) is 4.52. The van der Waals surface area contributed by atoms with Gasteiger partial charge in [-0.15, -0.1) is 0 Å². The molecule has 8 heavy (non-hydrogen) atoms. The normalized spacial score (nSPS) is 16.8. The van der Waals surface area contributed by atoms with Gasteiger partial charge in [0.2, 0.25) is 0 Å². The van der Waals surface area contributed by atoms with Crippen molar-refractivity contribution in [3.8, 4) is 6.07 Å². The lowest BCUT2D eigenvalue weighted by Gasteiger charge is -2.15. The van der Waals surface area contributed by atoms with Crippen molar-refractivity contribution in [3.05, 3.63) is 0 Å². The van der Waals surface area contributed by atoms with E-state index in [1.807, 2.05) is 6.07 Å². The summed E-state index contributed by atoms with van der Waals surface area (Å²) in [5.74, 6) is 0. The van der Waals surface area contributed by atoms with Crippen LogP contribution in [0.1, 0.15) is 13.3 Å². The summed E-state index contributed by atoms with van der Waals surface area (Å²) in [6.07, 6.45) is 0.218. The molecule has 0 aromatic carbocycles. The maximum atomic E-state index is 8.12.